The average molecular weight is 229 g/mol. The zero-order valence-corrected chi connectivity index (χ0v) is 9.51. The highest BCUT2D eigenvalue weighted by molar-refractivity contribution is 5.88. The standard InChI is InChI=1S/C11H11N5O/c1-7-5-9(15-17-7)14-10-8-3-4-16(2)11(8)13-6-12-10/h3-6H,1-2H3,(H,12,13,14,15). The molecule has 0 atom stereocenters. The Kier molecular flexibility index (Phi) is 2.07. The fourth-order valence-electron chi connectivity index (χ4n) is 1.72. The molecule has 0 aromatic carbocycles. The maximum absolute atomic E-state index is 4.99. The van der Waals surface area contributed by atoms with Crippen molar-refractivity contribution in [2.75, 3.05) is 5.32 Å². The SMILES string of the molecule is Cc1cc(Nc2ncnc3c2ccn3C)no1. The van der Waals surface area contributed by atoms with Crippen LogP contribution >= 0.6 is 0 Å². The molecule has 0 aliphatic carbocycles. The number of nitrogens with zero attached hydrogens (tertiary/aromatic N) is 4. The molecule has 0 saturated carbocycles. The van der Waals surface area contributed by atoms with Crippen LogP contribution in [0.1, 0.15) is 5.76 Å². The van der Waals surface area contributed by atoms with Crippen molar-refractivity contribution in [3.8, 4) is 0 Å². The van der Waals surface area contributed by atoms with Gasteiger partial charge in [0.2, 0.25) is 0 Å². The van der Waals surface area contributed by atoms with E-state index in [-0.39, 0.29) is 0 Å². The molecule has 6 nitrogen and oxygen atoms in total. The molecule has 1 N–H and O–H groups in total. The van der Waals surface area contributed by atoms with E-state index in [9.17, 15) is 0 Å². The van der Waals surface area contributed by atoms with Gasteiger partial charge in [-0.15, -0.1) is 0 Å². The molecule has 86 valence electrons. The quantitative estimate of drug-likeness (QED) is 0.728. The van der Waals surface area contributed by atoms with E-state index in [1.807, 2.05) is 36.9 Å². The van der Waals surface area contributed by atoms with E-state index in [1.54, 1.807) is 0 Å². The van der Waals surface area contributed by atoms with E-state index < -0.39 is 0 Å². The third kappa shape index (κ3) is 1.63. The van der Waals surface area contributed by atoms with Crippen LogP contribution in [0.5, 0.6) is 0 Å². The van der Waals surface area contributed by atoms with E-state index in [0.717, 1.165) is 22.6 Å². The topological polar surface area (TPSA) is 68.8 Å². The van der Waals surface area contributed by atoms with Crippen molar-refractivity contribution in [3.05, 3.63) is 30.4 Å². The van der Waals surface area contributed by atoms with Gasteiger partial charge in [-0.2, -0.15) is 0 Å². The summed E-state index contributed by atoms with van der Waals surface area (Å²) in [7, 11) is 1.94. The number of hydrogen-bond acceptors (Lipinski definition) is 5. The lowest BCUT2D eigenvalue weighted by Gasteiger charge is -2.02. The molecule has 17 heavy (non-hydrogen) atoms. The van der Waals surface area contributed by atoms with Crippen molar-refractivity contribution in [2.24, 2.45) is 7.05 Å². The van der Waals surface area contributed by atoms with Gasteiger partial charge in [0, 0.05) is 19.3 Å². The first kappa shape index (κ1) is 9.83. The Labute approximate surface area is 97.3 Å². The van der Waals surface area contributed by atoms with E-state index in [2.05, 4.69) is 20.4 Å². The van der Waals surface area contributed by atoms with Crippen LogP contribution in [0.25, 0.3) is 11.0 Å². The smallest absolute Gasteiger partial charge is 0.175 e. The molecular weight excluding hydrogens is 218 g/mol. The zero-order valence-electron chi connectivity index (χ0n) is 9.51. The van der Waals surface area contributed by atoms with Gasteiger partial charge in [-0.1, -0.05) is 5.16 Å². The second-order valence-corrected chi connectivity index (χ2v) is 3.83. The minimum absolute atomic E-state index is 0.645. The number of fused-ring (bicyclic) bond motifs is 1. The van der Waals surface area contributed by atoms with Gasteiger partial charge in [-0.05, 0) is 13.0 Å². The van der Waals surface area contributed by atoms with Gasteiger partial charge in [-0.25, -0.2) is 9.97 Å². The highest BCUT2D eigenvalue weighted by atomic mass is 16.5. The molecule has 0 aliphatic heterocycles. The summed E-state index contributed by atoms with van der Waals surface area (Å²) in [6.45, 7) is 1.84. The summed E-state index contributed by atoms with van der Waals surface area (Å²) in [5, 5.41) is 7.94. The van der Waals surface area contributed by atoms with Gasteiger partial charge in [-0.3, -0.25) is 0 Å². The van der Waals surface area contributed by atoms with Crippen molar-refractivity contribution >= 4 is 22.7 Å². The molecule has 3 aromatic rings. The lowest BCUT2D eigenvalue weighted by molar-refractivity contribution is 0.400. The third-order valence-corrected chi connectivity index (χ3v) is 2.54. The van der Waals surface area contributed by atoms with Gasteiger partial charge in [0.1, 0.15) is 23.6 Å². The van der Waals surface area contributed by atoms with Crippen LogP contribution in [-0.4, -0.2) is 19.7 Å². The van der Waals surface area contributed by atoms with E-state index in [4.69, 9.17) is 4.52 Å². The van der Waals surface area contributed by atoms with Gasteiger partial charge in [0.05, 0.1) is 5.39 Å². The summed E-state index contributed by atoms with van der Waals surface area (Å²) < 4.78 is 6.93. The van der Waals surface area contributed by atoms with E-state index in [0.29, 0.717) is 5.82 Å². The number of aromatic nitrogens is 4. The Morgan fingerprint density at radius 1 is 1.35 bits per heavy atom. The average Bonchev–Trinajstić information content (AvgIpc) is 2.88. The fourth-order valence-corrected chi connectivity index (χ4v) is 1.72. The number of aryl methyl sites for hydroxylation is 2. The van der Waals surface area contributed by atoms with Gasteiger partial charge >= 0.3 is 0 Å². The molecule has 0 fully saturated rings. The number of hydrogen-bond donors (Lipinski definition) is 1. The summed E-state index contributed by atoms with van der Waals surface area (Å²) >= 11 is 0. The number of anilines is 2. The Bertz CT molecular complexity index is 669. The minimum atomic E-state index is 0.645. The second-order valence-electron chi connectivity index (χ2n) is 3.83. The predicted octanol–water partition coefficient (Wildman–Crippen LogP) is 2.01. The van der Waals surface area contributed by atoms with E-state index >= 15 is 0 Å². The van der Waals surface area contributed by atoms with Crippen molar-refractivity contribution < 1.29 is 4.52 Å². The molecule has 6 heteroatoms. The molecule has 0 amide bonds. The molecule has 3 aromatic heterocycles. The second kappa shape index (κ2) is 3.58. The Hall–Kier alpha value is -2.37. The summed E-state index contributed by atoms with van der Waals surface area (Å²) in [5.74, 6) is 2.13. The van der Waals surface area contributed by atoms with Crippen LogP contribution in [0.15, 0.2) is 29.2 Å². The summed E-state index contributed by atoms with van der Waals surface area (Å²) in [5.41, 5.74) is 0.878. The highest BCUT2D eigenvalue weighted by Crippen LogP contribution is 2.22. The van der Waals surface area contributed by atoms with Crippen LogP contribution in [0.2, 0.25) is 0 Å². The Morgan fingerprint density at radius 2 is 2.24 bits per heavy atom. The van der Waals surface area contributed by atoms with Crippen molar-refractivity contribution in [2.45, 2.75) is 6.92 Å². The monoisotopic (exact) mass is 229 g/mol. The van der Waals surface area contributed by atoms with Gasteiger partial charge < -0.3 is 14.4 Å². The van der Waals surface area contributed by atoms with Gasteiger partial charge in [0.15, 0.2) is 5.82 Å². The van der Waals surface area contributed by atoms with Crippen molar-refractivity contribution in [3.63, 3.8) is 0 Å². The molecule has 0 radical (unpaired) electrons. The molecule has 0 aliphatic rings. The minimum Gasteiger partial charge on any atom is -0.360 e. The summed E-state index contributed by atoms with van der Waals surface area (Å²) in [4.78, 5) is 8.42. The lowest BCUT2D eigenvalue weighted by Crippen LogP contribution is -1.96. The molecule has 0 bridgehead atoms. The molecule has 3 rings (SSSR count). The van der Waals surface area contributed by atoms with Crippen LogP contribution < -0.4 is 5.32 Å². The third-order valence-electron chi connectivity index (χ3n) is 2.54. The first-order valence-electron chi connectivity index (χ1n) is 5.20. The molecule has 0 unspecified atom stereocenters. The van der Waals surface area contributed by atoms with Crippen LogP contribution in [-0.2, 0) is 7.05 Å². The zero-order chi connectivity index (χ0) is 11.8. The summed E-state index contributed by atoms with van der Waals surface area (Å²) in [6.07, 6.45) is 3.47. The van der Waals surface area contributed by atoms with Crippen LogP contribution in [0, 0.1) is 6.92 Å². The highest BCUT2D eigenvalue weighted by Gasteiger charge is 2.08. The Morgan fingerprint density at radius 3 is 3.00 bits per heavy atom. The first-order chi connectivity index (χ1) is 8.24. The lowest BCUT2D eigenvalue weighted by atomic mass is 10.3. The maximum Gasteiger partial charge on any atom is 0.175 e. The van der Waals surface area contributed by atoms with Crippen molar-refractivity contribution in [1.29, 1.82) is 0 Å². The van der Waals surface area contributed by atoms with Crippen LogP contribution in [0.4, 0.5) is 11.6 Å². The van der Waals surface area contributed by atoms with Gasteiger partial charge in [0.25, 0.3) is 0 Å². The summed E-state index contributed by atoms with van der Waals surface area (Å²) in [6, 6.07) is 3.78. The Balaban J connectivity index is 2.05. The van der Waals surface area contributed by atoms with Crippen LogP contribution in [0.3, 0.4) is 0 Å². The fraction of sp³-hybridized carbons (Fsp3) is 0.182. The first-order valence-corrected chi connectivity index (χ1v) is 5.20. The van der Waals surface area contributed by atoms with Crippen molar-refractivity contribution in [1.82, 2.24) is 19.7 Å². The molecular formula is C11H11N5O. The molecule has 0 saturated heterocycles. The van der Waals surface area contributed by atoms with E-state index in [1.165, 1.54) is 6.33 Å². The predicted molar refractivity (Wildman–Crippen MR) is 63.0 cm³/mol. The maximum atomic E-state index is 4.99. The largest absolute Gasteiger partial charge is 0.360 e. The molecule has 3 heterocycles. The number of rotatable bonds is 2. The normalized spacial score (nSPS) is 10.9. The number of nitrogens with one attached hydrogen (secondary N) is 1. The molecule has 0 spiro atoms.